The fourth-order valence-electron chi connectivity index (χ4n) is 13.0. The third kappa shape index (κ3) is 8.66. The van der Waals surface area contributed by atoms with Gasteiger partial charge < -0.3 is 23.0 Å². The SMILES string of the molecule is CC(C)(C)c1ccnc(-n2c3[c-]c(Oc4[c-]c5c(cc4)c4cc(-c6ccc7c(c6)c6ccccc6n7-c6ccccc6)ccc4n5-c4cc(C(C)(C)C)ccn4)ccc3c3cc(-c4ccc5c(c4)c4ccccc4n5-c4ccccc4)ccc32)c1.[Pt+2]. The van der Waals surface area contributed by atoms with E-state index in [0.717, 1.165) is 88.9 Å². The summed E-state index contributed by atoms with van der Waals surface area (Å²) in [5.74, 6) is 2.79. The smallest absolute Gasteiger partial charge is 0.509 e. The summed E-state index contributed by atoms with van der Waals surface area (Å²) >= 11 is 0. The second-order valence-electron chi connectivity index (χ2n) is 24.6. The van der Waals surface area contributed by atoms with Crippen LogP contribution in [0, 0.1) is 12.1 Å². The van der Waals surface area contributed by atoms with E-state index in [0.29, 0.717) is 11.5 Å². The Labute approximate surface area is 513 Å². The largest absolute Gasteiger partial charge is 2.00 e. The molecule has 0 atom stereocenters. The van der Waals surface area contributed by atoms with Crippen molar-refractivity contribution in [3.8, 4) is 56.8 Å². The molecule has 8 heteroatoms. The zero-order chi connectivity index (χ0) is 57.3. The van der Waals surface area contributed by atoms with Crippen LogP contribution in [0.4, 0.5) is 0 Å². The van der Waals surface area contributed by atoms with Gasteiger partial charge in [-0.05, 0) is 152 Å². The molecule has 7 nitrogen and oxygen atoms in total. The van der Waals surface area contributed by atoms with E-state index in [9.17, 15) is 0 Å². The minimum Gasteiger partial charge on any atom is -0.509 e. The van der Waals surface area contributed by atoms with Crippen molar-refractivity contribution < 1.29 is 25.8 Å². The Hall–Kier alpha value is -9.81. The number of aromatic nitrogens is 6. The average molecular weight is 1290 g/mol. The van der Waals surface area contributed by atoms with Gasteiger partial charge in [-0.25, -0.2) is 9.97 Å². The number of hydrogen-bond donors (Lipinski definition) is 0. The maximum Gasteiger partial charge on any atom is 2.00 e. The summed E-state index contributed by atoms with van der Waals surface area (Å²) in [4.78, 5) is 10.1. The predicted octanol–water partition coefficient (Wildman–Crippen LogP) is 20.2. The maximum absolute atomic E-state index is 6.95. The summed E-state index contributed by atoms with van der Waals surface area (Å²) in [6.07, 6.45) is 3.85. The second kappa shape index (κ2) is 20.2. The van der Waals surface area contributed by atoms with E-state index >= 15 is 0 Å². The van der Waals surface area contributed by atoms with Gasteiger partial charge in [0.1, 0.15) is 11.6 Å². The fourth-order valence-corrected chi connectivity index (χ4v) is 13.0. The van der Waals surface area contributed by atoms with Crippen LogP contribution in [0.3, 0.4) is 0 Å². The molecule has 86 heavy (non-hydrogen) atoms. The molecule has 0 unspecified atom stereocenters. The van der Waals surface area contributed by atoms with Crippen LogP contribution < -0.4 is 4.74 Å². The van der Waals surface area contributed by atoms with Crippen LogP contribution in [0.15, 0.2) is 243 Å². The first-order valence-corrected chi connectivity index (χ1v) is 29.2. The second-order valence-corrected chi connectivity index (χ2v) is 24.6. The molecule has 0 bridgehead atoms. The number of fused-ring (bicyclic) bond motifs is 12. The number of hydrogen-bond acceptors (Lipinski definition) is 3. The maximum atomic E-state index is 6.95. The molecule has 10 aromatic carbocycles. The Kier molecular flexibility index (Phi) is 12.4. The van der Waals surface area contributed by atoms with Crippen LogP contribution in [-0.4, -0.2) is 28.2 Å². The third-order valence-corrected chi connectivity index (χ3v) is 17.2. The summed E-state index contributed by atoms with van der Waals surface area (Å²) in [5, 5.41) is 9.18. The van der Waals surface area contributed by atoms with Crippen molar-refractivity contribution in [3.05, 3.63) is 266 Å². The number of rotatable bonds is 8. The summed E-state index contributed by atoms with van der Waals surface area (Å²) < 4.78 is 16.2. The number of para-hydroxylation sites is 4. The summed E-state index contributed by atoms with van der Waals surface area (Å²) in [5.41, 5.74) is 17.6. The average Bonchev–Trinajstić information content (AvgIpc) is 1.93. The Morgan fingerprint density at radius 2 is 0.651 bits per heavy atom. The molecule has 0 aliphatic rings. The van der Waals surface area contributed by atoms with Crippen LogP contribution in [0.2, 0.25) is 0 Å². The summed E-state index contributed by atoms with van der Waals surface area (Å²) in [6.45, 7) is 13.5. The van der Waals surface area contributed by atoms with Crippen molar-refractivity contribution in [2.45, 2.75) is 52.4 Å². The summed E-state index contributed by atoms with van der Waals surface area (Å²) in [6, 6.07) is 90.6. The first kappa shape index (κ1) is 53.0. The monoisotopic (exact) mass is 1290 g/mol. The molecule has 0 fully saturated rings. The molecule has 0 saturated carbocycles. The molecule has 6 aromatic heterocycles. The first-order valence-electron chi connectivity index (χ1n) is 29.2. The molecule has 0 spiro atoms. The normalized spacial score (nSPS) is 12.2. The van der Waals surface area contributed by atoms with Gasteiger partial charge in [0, 0.05) is 67.8 Å². The van der Waals surface area contributed by atoms with E-state index in [4.69, 9.17) is 14.7 Å². The number of pyridine rings is 2. The predicted molar refractivity (Wildman–Crippen MR) is 352 cm³/mol. The zero-order valence-corrected chi connectivity index (χ0v) is 50.8. The first-order chi connectivity index (χ1) is 41.4. The molecule has 0 aliphatic heterocycles. The van der Waals surface area contributed by atoms with Gasteiger partial charge >= 0.3 is 21.1 Å². The quantitative estimate of drug-likeness (QED) is 0.143. The van der Waals surface area contributed by atoms with Gasteiger partial charge in [-0.3, -0.25) is 0 Å². The number of ether oxygens (including phenoxy) is 1. The van der Waals surface area contributed by atoms with E-state index in [-0.39, 0.29) is 31.9 Å². The molecule has 16 aromatic rings. The Balaban J connectivity index is 0.00000625. The Morgan fingerprint density at radius 3 is 1.03 bits per heavy atom. The van der Waals surface area contributed by atoms with Gasteiger partial charge in [-0.15, -0.1) is 35.0 Å². The Morgan fingerprint density at radius 1 is 0.314 bits per heavy atom. The van der Waals surface area contributed by atoms with Crippen LogP contribution in [-0.2, 0) is 31.9 Å². The van der Waals surface area contributed by atoms with Crippen molar-refractivity contribution >= 4 is 87.2 Å². The molecule has 16 rings (SSSR count). The van der Waals surface area contributed by atoms with Crippen molar-refractivity contribution in [1.29, 1.82) is 0 Å². The minimum absolute atomic E-state index is 0. The van der Waals surface area contributed by atoms with E-state index < -0.39 is 0 Å². The van der Waals surface area contributed by atoms with Gasteiger partial charge in [-0.2, -0.15) is 12.1 Å². The van der Waals surface area contributed by atoms with Gasteiger partial charge in [-0.1, -0.05) is 162 Å². The fraction of sp³-hybridized carbons (Fsp3) is 0.103. The molecular weight excluding hydrogens is 1230 g/mol. The standard InChI is InChI=1S/C78H58N6O.Pt/c1-77(2,3)53-37-39-79-75(45-53)83-71-35-27-51(49-25-33-69-63(41-49)59-21-13-15-23-67(59)81(69)55-17-9-7-10-18-55)43-65(71)61-31-29-57(47-73(61)83)85-58-30-32-62-66-44-52(28-36-72(66)84(74(62)48-58)76-46-54(38-40-80-76)78(4,5)6)50-26-34-70-64(42-50)60-22-14-16-24-68(60)82(70)56-19-11-8-12-20-56;/h7-46H,1-6H3;/q-2;+2. The van der Waals surface area contributed by atoms with Crippen LogP contribution in [0.1, 0.15) is 52.7 Å². The van der Waals surface area contributed by atoms with Gasteiger partial charge in [0.15, 0.2) is 0 Å². The molecular formula is C78H58N6OPt. The molecule has 0 radical (unpaired) electrons. The Bertz CT molecular complexity index is 5030. The molecule has 6 heterocycles. The van der Waals surface area contributed by atoms with Crippen LogP contribution in [0.25, 0.3) is 132 Å². The number of nitrogens with zero attached hydrogens (tertiary/aromatic N) is 6. The van der Waals surface area contributed by atoms with Gasteiger partial charge in [0.05, 0.1) is 22.1 Å². The van der Waals surface area contributed by atoms with Crippen molar-refractivity contribution in [2.75, 3.05) is 0 Å². The molecule has 0 amide bonds. The molecule has 0 aliphatic carbocycles. The van der Waals surface area contributed by atoms with Crippen LogP contribution in [0.5, 0.6) is 11.5 Å². The van der Waals surface area contributed by atoms with E-state index in [2.05, 4.69) is 290 Å². The molecule has 0 N–H and O–H groups in total. The van der Waals surface area contributed by atoms with Crippen molar-refractivity contribution in [1.82, 2.24) is 28.2 Å². The van der Waals surface area contributed by atoms with Crippen LogP contribution >= 0.6 is 0 Å². The number of benzene rings is 10. The minimum atomic E-state index is -0.0915. The zero-order valence-electron chi connectivity index (χ0n) is 48.5. The van der Waals surface area contributed by atoms with Gasteiger partial charge in [0.2, 0.25) is 0 Å². The topological polar surface area (TPSA) is 54.7 Å². The summed E-state index contributed by atoms with van der Waals surface area (Å²) in [7, 11) is 0. The van der Waals surface area contributed by atoms with Crippen molar-refractivity contribution in [2.24, 2.45) is 0 Å². The third-order valence-electron chi connectivity index (χ3n) is 17.2. The molecule has 416 valence electrons. The van der Waals surface area contributed by atoms with E-state index in [1.54, 1.807) is 0 Å². The van der Waals surface area contributed by atoms with Crippen molar-refractivity contribution in [3.63, 3.8) is 0 Å². The molecule has 0 saturated heterocycles. The van der Waals surface area contributed by atoms with Gasteiger partial charge in [0.25, 0.3) is 0 Å². The van der Waals surface area contributed by atoms with E-state index in [1.165, 1.54) is 54.7 Å². The van der Waals surface area contributed by atoms with E-state index in [1.807, 2.05) is 24.5 Å².